The number of nitrogens with two attached hydrogens (primary N) is 1. The molecule has 0 amide bonds. The van der Waals surface area contributed by atoms with E-state index < -0.39 is 16.1 Å². The number of aromatic nitrogens is 1. The predicted molar refractivity (Wildman–Crippen MR) is 126 cm³/mol. The predicted octanol–water partition coefficient (Wildman–Crippen LogP) is 4.23. The molecule has 1 atom stereocenters. The first-order valence-corrected chi connectivity index (χ1v) is 12.0. The van der Waals surface area contributed by atoms with Crippen molar-refractivity contribution in [3.63, 3.8) is 0 Å². The van der Waals surface area contributed by atoms with Crippen molar-refractivity contribution in [1.29, 1.82) is 0 Å². The summed E-state index contributed by atoms with van der Waals surface area (Å²) in [6, 6.07) is 20.8. The van der Waals surface area contributed by atoms with Gasteiger partial charge in [-0.1, -0.05) is 54.1 Å². The lowest BCUT2D eigenvalue weighted by Crippen LogP contribution is -2.30. The Hall–Kier alpha value is -2.97. The van der Waals surface area contributed by atoms with E-state index in [2.05, 4.69) is 10.3 Å². The minimum Gasteiger partial charge on any atom is -0.360 e. The molecule has 8 heteroatoms. The summed E-state index contributed by atoms with van der Waals surface area (Å²) in [6.45, 7) is 0.517. The summed E-state index contributed by atoms with van der Waals surface area (Å²) in [4.78, 5) is 16.7. The van der Waals surface area contributed by atoms with Gasteiger partial charge in [-0.15, -0.1) is 0 Å². The van der Waals surface area contributed by atoms with Gasteiger partial charge in [-0.25, -0.2) is 13.6 Å². The molecule has 0 radical (unpaired) electrons. The van der Waals surface area contributed by atoms with Crippen LogP contribution in [0, 0.1) is 0 Å². The monoisotopic (exact) mass is 467 g/mol. The second-order valence-electron chi connectivity index (χ2n) is 7.49. The van der Waals surface area contributed by atoms with Gasteiger partial charge in [-0.05, 0) is 47.9 Å². The number of hydrogen-bond donors (Lipinski definition) is 3. The minimum absolute atomic E-state index is 0.0608. The Morgan fingerprint density at radius 1 is 1.03 bits per heavy atom. The Kier molecular flexibility index (Phi) is 6.43. The largest absolute Gasteiger partial charge is 0.360 e. The van der Waals surface area contributed by atoms with E-state index in [4.69, 9.17) is 16.7 Å². The molecular weight excluding hydrogens is 446 g/mol. The topological polar surface area (TPSA) is 105 Å². The molecule has 32 heavy (non-hydrogen) atoms. The summed E-state index contributed by atoms with van der Waals surface area (Å²) in [5.74, 6) is -0.0608. The number of ketones is 1. The molecule has 3 aromatic carbocycles. The molecule has 0 fully saturated rings. The molecule has 4 aromatic rings. The van der Waals surface area contributed by atoms with Crippen LogP contribution in [0.5, 0.6) is 0 Å². The van der Waals surface area contributed by atoms with Crippen molar-refractivity contribution in [3.8, 4) is 0 Å². The summed E-state index contributed by atoms with van der Waals surface area (Å²) in [5.41, 5.74) is 3.21. The van der Waals surface area contributed by atoms with Crippen molar-refractivity contribution in [1.82, 2.24) is 10.3 Å². The van der Waals surface area contributed by atoms with Gasteiger partial charge in [0.1, 0.15) is 0 Å². The number of H-pyrrole nitrogens is 1. The number of benzene rings is 3. The van der Waals surface area contributed by atoms with E-state index in [1.54, 1.807) is 30.5 Å². The molecule has 0 unspecified atom stereocenters. The second kappa shape index (κ2) is 9.26. The Morgan fingerprint density at radius 3 is 2.44 bits per heavy atom. The van der Waals surface area contributed by atoms with Crippen LogP contribution in [0.4, 0.5) is 0 Å². The van der Waals surface area contributed by atoms with Gasteiger partial charge in [0.15, 0.2) is 5.78 Å². The maximum atomic E-state index is 13.5. The lowest BCUT2D eigenvalue weighted by atomic mass is 9.96. The number of primary sulfonamides is 1. The van der Waals surface area contributed by atoms with Crippen LogP contribution in [0.15, 0.2) is 83.9 Å². The Bertz CT molecular complexity index is 1350. The molecule has 0 spiro atoms. The number of Topliss-reactive ketones (excluding diaryl/α,β-unsaturated/α-hetero) is 1. The Labute approximate surface area is 191 Å². The Morgan fingerprint density at radius 2 is 1.75 bits per heavy atom. The molecule has 6 nitrogen and oxygen atoms in total. The van der Waals surface area contributed by atoms with Crippen LogP contribution in [0.1, 0.15) is 27.5 Å². The summed E-state index contributed by atoms with van der Waals surface area (Å²) in [7, 11) is -3.72. The van der Waals surface area contributed by atoms with E-state index in [0.717, 1.165) is 22.0 Å². The number of nitrogens with one attached hydrogen (secondary N) is 2. The summed E-state index contributed by atoms with van der Waals surface area (Å²) in [5, 5.41) is 9.86. The summed E-state index contributed by atoms with van der Waals surface area (Å²) >= 11 is 6.15. The van der Waals surface area contributed by atoms with Gasteiger partial charge in [0.25, 0.3) is 0 Å². The highest BCUT2D eigenvalue weighted by Crippen LogP contribution is 2.27. The molecule has 0 saturated carbocycles. The average molecular weight is 468 g/mol. The number of carbonyl (C=O) groups excluding carboxylic acids is 1. The van der Waals surface area contributed by atoms with Gasteiger partial charge in [-0.2, -0.15) is 0 Å². The van der Waals surface area contributed by atoms with Gasteiger partial charge in [0.2, 0.25) is 10.0 Å². The smallest absolute Gasteiger partial charge is 0.238 e. The first-order chi connectivity index (χ1) is 15.3. The first-order valence-electron chi connectivity index (χ1n) is 10.0. The van der Waals surface area contributed by atoms with E-state index in [9.17, 15) is 13.2 Å². The molecule has 1 heterocycles. The molecular formula is C24H22ClN3O3S. The molecule has 0 saturated heterocycles. The SMILES string of the molecule is NS(=O)(=O)c1ccc(CCN[C@@H](C(=O)c2c[nH]c3ccc(Cl)cc23)c2ccccc2)cc1. The molecule has 0 bridgehead atoms. The van der Waals surface area contributed by atoms with Crippen molar-refractivity contribution in [2.24, 2.45) is 5.14 Å². The Balaban J connectivity index is 1.55. The molecule has 0 aliphatic carbocycles. The van der Waals surface area contributed by atoms with Gasteiger partial charge >= 0.3 is 0 Å². The standard InChI is InChI=1S/C24H22ClN3O3S/c25-18-8-11-22-20(14-18)21(15-28-22)24(29)23(17-4-2-1-3-5-17)27-13-12-16-6-9-19(10-7-16)32(26,30)31/h1-11,14-15,23,27-28H,12-13H2,(H2,26,30,31)/t23-/m1/s1. The van der Waals surface area contributed by atoms with Crippen LogP contribution in [-0.2, 0) is 16.4 Å². The fraction of sp³-hybridized carbons (Fsp3) is 0.125. The lowest BCUT2D eigenvalue weighted by Gasteiger charge is -2.18. The van der Waals surface area contributed by atoms with Gasteiger partial charge in [0.05, 0.1) is 10.9 Å². The number of aromatic amines is 1. The van der Waals surface area contributed by atoms with Crippen LogP contribution in [0.25, 0.3) is 10.9 Å². The third-order valence-corrected chi connectivity index (χ3v) is 6.48. The zero-order valence-corrected chi connectivity index (χ0v) is 18.7. The molecule has 0 aliphatic heterocycles. The van der Waals surface area contributed by atoms with Crippen molar-refractivity contribution in [2.45, 2.75) is 17.4 Å². The normalized spacial score (nSPS) is 12.7. The van der Waals surface area contributed by atoms with E-state index >= 15 is 0 Å². The first kappa shape index (κ1) is 22.2. The molecule has 4 N–H and O–H groups in total. The number of hydrogen-bond acceptors (Lipinski definition) is 4. The van der Waals surface area contributed by atoms with Crippen molar-refractivity contribution in [2.75, 3.05) is 6.54 Å². The fourth-order valence-corrected chi connectivity index (χ4v) is 4.35. The van der Waals surface area contributed by atoms with Crippen molar-refractivity contribution >= 4 is 38.3 Å². The van der Waals surface area contributed by atoms with Crippen LogP contribution in [-0.4, -0.2) is 25.7 Å². The third-order valence-electron chi connectivity index (χ3n) is 5.32. The third kappa shape index (κ3) is 4.92. The van der Waals surface area contributed by atoms with Crippen LogP contribution in [0.3, 0.4) is 0 Å². The van der Waals surface area contributed by atoms with Crippen LogP contribution in [0.2, 0.25) is 5.02 Å². The van der Waals surface area contributed by atoms with Gasteiger partial charge in [-0.3, -0.25) is 4.79 Å². The van der Waals surface area contributed by atoms with Gasteiger partial charge in [0, 0.05) is 34.2 Å². The van der Waals surface area contributed by atoms with E-state index in [1.807, 2.05) is 36.4 Å². The highest BCUT2D eigenvalue weighted by Gasteiger charge is 2.24. The van der Waals surface area contributed by atoms with Crippen LogP contribution >= 0.6 is 11.6 Å². The summed E-state index contributed by atoms with van der Waals surface area (Å²) in [6.07, 6.45) is 2.33. The number of rotatable bonds is 8. The second-order valence-corrected chi connectivity index (χ2v) is 9.49. The maximum Gasteiger partial charge on any atom is 0.238 e. The number of sulfonamides is 1. The maximum absolute atomic E-state index is 13.5. The molecule has 164 valence electrons. The van der Waals surface area contributed by atoms with E-state index in [1.165, 1.54) is 12.1 Å². The fourth-order valence-electron chi connectivity index (χ4n) is 3.67. The molecule has 4 rings (SSSR count). The lowest BCUT2D eigenvalue weighted by molar-refractivity contribution is 0.0945. The quantitative estimate of drug-likeness (QED) is 0.337. The van der Waals surface area contributed by atoms with E-state index in [-0.39, 0.29) is 10.7 Å². The summed E-state index contributed by atoms with van der Waals surface area (Å²) < 4.78 is 22.8. The van der Waals surface area contributed by atoms with E-state index in [0.29, 0.717) is 23.6 Å². The highest BCUT2D eigenvalue weighted by atomic mass is 35.5. The molecule has 0 aliphatic rings. The van der Waals surface area contributed by atoms with Crippen molar-refractivity contribution < 1.29 is 13.2 Å². The zero-order chi connectivity index (χ0) is 22.7. The minimum atomic E-state index is -3.72. The van der Waals surface area contributed by atoms with Crippen molar-refractivity contribution in [3.05, 3.63) is 101 Å². The zero-order valence-electron chi connectivity index (χ0n) is 17.1. The van der Waals surface area contributed by atoms with Crippen LogP contribution < -0.4 is 10.5 Å². The molecule has 1 aromatic heterocycles. The number of halogens is 1. The number of fused-ring (bicyclic) bond motifs is 1. The highest BCUT2D eigenvalue weighted by molar-refractivity contribution is 7.89. The number of carbonyl (C=O) groups is 1. The van der Waals surface area contributed by atoms with Gasteiger partial charge < -0.3 is 10.3 Å². The average Bonchev–Trinajstić information content (AvgIpc) is 3.20.